The average Bonchev–Trinajstić information content (AvgIpc) is 2.85. The van der Waals surface area contributed by atoms with E-state index >= 15 is 0 Å². The Balaban J connectivity index is 1.85. The minimum atomic E-state index is -0.546. The lowest BCUT2D eigenvalue weighted by Gasteiger charge is -2.32. The molecule has 0 radical (unpaired) electrons. The van der Waals surface area contributed by atoms with Gasteiger partial charge in [0.2, 0.25) is 0 Å². The lowest BCUT2D eigenvalue weighted by molar-refractivity contribution is -0.384. The number of rotatable bonds is 9. The summed E-state index contributed by atoms with van der Waals surface area (Å²) in [5, 5.41) is 13.9. The van der Waals surface area contributed by atoms with Gasteiger partial charge in [0.1, 0.15) is 5.82 Å². The first-order chi connectivity index (χ1) is 17.0. The summed E-state index contributed by atoms with van der Waals surface area (Å²) in [6, 6.07) is 15.5. The summed E-state index contributed by atoms with van der Waals surface area (Å²) >= 11 is 6.42. The minimum Gasteiger partial charge on any atom is -0.334 e. The van der Waals surface area contributed by atoms with Crippen LogP contribution >= 0.6 is 11.6 Å². The Bertz CT molecular complexity index is 1280. The van der Waals surface area contributed by atoms with Crippen molar-refractivity contribution in [3.63, 3.8) is 0 Å². The second kappa shape index (κ2) is 11.3. The summed E-state index contributed by atoms with van der Waals surface area (Å²) in [5.74, 6) is -1.37. The molecule has 0 spiro atoms. The van der Waals surface area contributed by atoms with E-state index in [1.807, 2.05) is 13.8 Å². The fourth-order valence-corrected chi connectivity index (χ4v) is 3.68. The Hall–Kier alpha value is -3.82. The van der Waals surface area contributed by atoms with E-state index in [2.05, 4.69) is 5.32 Å². The molecule has 0 aliphatic rings. The van der Waals surface area contributed by atoms with Gasteiger partial charge in [0.25, 0.3) is 17.5 Å². The maximum Gasteiger partial charge on any atom is 0.269 e. The third-order valence-electron chi connectivity index (χ3n) is 5.54. The van der Waals surface area contributed by atoms with Crippen molar-refractivity contribution in [3.05, 3.63) is 104 Å². The highest BCUT2D eigenvalue weighted by Crippen LogP contribution is 2.26. The highest BCUT2D eigenvalue weighted by atomic mass is 35.5. The Kier molecular flexibility index (Phi) is 8.39. The molecule has 0 atom stereocenters. The van der Waals surface area contributed by atoms with Crippen molar-refractivity contribution >= 4 is 34.8 Å². The Morgan fingerprint density at radius 1 is 1.08 bits per heavy atom. The molecule has 3 rings (SSSR count). The van der Waals surface area contributed by atoms with Crippen LogP contribution in [0.1, 0.15) is 40.1 Å². The van der Waals surface area contributed by atoms with E-state index in [9.17, 15) is 24.1 Å². The maximum atomic E-state index is 13.8. The van der Waals surface area contributed by atoms with E-state index in [4.69, 9.17) is 17.3 Å². The van der Waals surface area contributed by atoms with Crippen molar-refractivity contribution in [1.82, 2.24) is 4.90 Å². The molecule has 0 aliphatic carbocycles. The summed E-state index contributed by atoms with van der Waals surface area (Å²) in [6.45, 7) is 4.54. The molecule has 36 heavy (non-hydrogen) atoms. The van der Waals surface area contributed by atoms with Gasteiger partial charge in [0.15, 0.2) is 0 Å². The van der Waals surface area contributed by atoms with Crippen LogP contribution in [0.2, 0.25) is 5.02 Å². The summed E-state index contributed by atoms with van der Waals surface area (Å²) in [4.78, 5) is 37.8. The molecule has 0 saturated heterocycles. The molecule has 0 saturated carbocycles. The van der Waals surface area contributed by atoms with Gasteiger partial charge < -0.3 is 16.0 Å². The van der Waals surface area contributed by atoms with Crippen LogP contribution in [-0.2, 0) is 6.54 Å². The molecule has 3 aromatic carbocycles. The normalized spacial score (nSPS) is 11.1. The molecule has 0 heterocycles. The highest BCUT2D eigenvalue weighted by Gasteiger charge is 2.26. The van der Waals surface area contributed by atoms with E-state index in [0.717, 1.165) is 0 Å². The first-order valence-electron chi connectivity index (χ1n) is 11.1. The average molecular weight is 513 g/mol. The largest absolute Gasteiger partial charge is 0.334 e. The third-order valence-corrected chi connectivity index (χ3v) is 5.90. The second-order valence-electron chi connectivity index (χ2n) is 9.10. The van der Waals surface area contributed by atoms with E-state index in [-0.39, 0.29) is 35.8 Å². The summed E-state index contributed by atoms with van der Waals surface area (Å²) in [6.07, 6.45) is 0. The lowest BCUT2D eigenvalue weighted by atomic mass is 9.92. The maximum absolute atomic E-state index is 13.8. The predicted molar refractivity (Wildman–Crippen MR) is 136 cm³/mol. The topological polar surface area (TPSA) is 119 Å². The Labute approximate surface area is 213 Å². The van der Waals surface area contributed by atoms with Gasteiger partial charge in [-0.3, -0.25) is 19.7 Å². The van der Waals surface area contributed by atoms with Crippen molar-refractivity contribution in [1.29, 1.82) is 0 Å². The minimum absolute atomic E-state index is 0.0961. The zero-order valence-corrected chi connectivity index (χ0v) is 20.6. The number of amides is 2. The van der Waals surface area contributed by atoms with Crippen molar-refractivity contribution in [3.8, 4) is 0 Å². The van der Waals surface area contributed by atoms with Gasteiger partial charge in [0.05, 0.1) is 4.92 Å². The smallest absolute Gasteiger partial charge is 0.269 e. The number of carbonyl (C=O) groups is 2. The van der Waals surface area contributed by atoms with Gasteiger partial charge >= 0.3 is 0 Å². The highest BCUT2D eigenvalue weighted by molar-refractivity contribution is 6.31. The van der Waals surface area contributed by atoms with Crippen molar-refractivity contribution in [2.24, 2.45) is 11.1 Å². The summed E-state index contributed by atoms with van der Waals surface area (Å²) in [7, 11) is 0. The monoisotopic (exact) mass is 512 g/mol. The SMILES string of the molecule is CC(C)(CN)CN(Cc1cc(NC(=O)c2ccc([N+](=O)[O-])cc2)ccc1Cl)C(=O)c1cccc(F)c1. The molecule has 0 aromatic heterocycles. The van der Waals surface area contributed by atoms with Crippen LogP contribution < -0.4 is 11.1 Å². The number of nitro benzene ring substituents is 1. The van der Waals surface area contributed by atoms with Crippen LogP contribution in [0, 0.1) is 21.3 Å². The van der Waals surface area contributed by atoms with Gasteiger partial charge in [0, 0.05) is 47.1 Å². The predicted octanol–water partition coefficient (Wildman–Crippen LogP) is 5.27. The van der Waals surface area contributed by atoms with Gasteiger partial charge in [-0.1, -0.05) is 31.5 Å². The number of anilines is 1. The van der Waals surface area contributed by atoms with E-state index in [1.54, 1.807) is 23.1 Å². The van der Waals surface area contributed by atoms with Crippen molar-refractivity contribution in [2.75, 3.05) is 18.4 Å². The summed E-state index contributed by atoms with van der Waals surface area (Å²) < 4.78 is 13.8. The number of nitrogens with zero attached hydrogens (tertiary/aromatic N) is 2. The number of halogens is 2. The van der Waals surface area contributed by atoms with Gasteiger partial charge in [-0.25, -0.2) is 4.39 Å². The lowest BCUT2D eigenvalue weighted by Crippen LogP contribution is -2.41. The number of hydrogen-bond acceptors (Lipinski definition) is 5. The number of carbonyl (C=O) groups excluding carboxylic acids is 2. The van der Waals surface area contributed by atoms with E-state index in [0.29, 0.717) is 22.8 Å². The molecule has 0 unspecified atom stereocenters. The fraction of sp³-hybridized carbons (Fsp3) is 0.231. The molecule has 10 heteroatoms. The number of nitrogens with one attached hydrogen (secondary N) is 1. The summed E-state index contributed by atoms with van der Waals surface area (Å²) in [5.41, 5.74) is 6.78. The van der Waals surface area contributed by atoms with Crippen LogP contribution in [0.3, 0.4) is 0 Å². The number of nitro groups is 1. The van der Waals surface area contributed by atoms with Crippen molar-refractivity contribution < 1.29 is 18.9 Å². The fourth-order valence-electron chi connectivity index (χ4n) is 3.50. The van der Waals surface area contributed by atoms with Crippen LogP contribution in [-0.4, -0.2) is 34.7 Å². The molecular formula is C26H26ClFN4O4. The zero-order valence-electron chi connectivity index (χ0n) is 19.8. The van der Waals surface area contributed by atoms with Crippen LogP contribution in [0.5, 0.6) is 0 Å². The van der Waals surface area contributed by atoms with Crippen molar-refractivity contribution in [2.45, 2.75) is 20.4 Å². The molecule has 0 bridgehead atoms. The Morgan fingerprint density at radius 2 is 1.78 bits per heavy atom. The molecule has 3 N–H and O–H groups in total. The molecule has 3 aromatic rings. The first kappa shape index (κ1) is 26.8. The quantitative estimate of drug-likeness (QED) is 0.299. The van der Waals surface area contributed by atoms with E-state index in [1.165, 1.54) is 48.5 Å². The third kappa shape index (κ3) is 6.87. The first-order valence-corrected chi connectivity index (χ1v) is 11.5. The van der Waals surface area contributed by atoms with Gasteiger partial charge in [-0.2, -0.15) is 0 Å². The van der Waals surface area contributed by atoms with Crippen LogP contribution in [0.4, 0.5) is 15.8 Å². The van der Waals surface area contributed by atoms with E-state index < -0.39 is 22.1 Å². The number of hydrogen-bond donors (Lipinski definition) is 2. The zero-order chi connectivity index (χ0) is 26.5. The molecule has 0 aliphatic heterocycles. The molecule has 2 amide bonds. The Morgan fingerprint density at radius 3 is 2.39 bits per heavy atom. The van der Waals surface area contributed by atoms with Crippen LogP contribution in [0.15, 0.2) is 66.7 Å². The van der Waals surface area contributed by atoms with Gasteiger partial charge in [-0.05, 0) is 66.1 Å². The van der Waals surface area contributed by atoms with Crippen LogP contribution in [0.25, 0.3) is 0 Å². The molecule has 0 fully saturated rings. The van der Waals surface area contributed by atoms with Gasteiger partial charge in [-0.15, -0.1) is 0 Å². The second-order valence-corrected chi connectivity index (χ2v) is 9.51. The molecule has 188 valence electrons. The molecular weight excluding hydrogens is 487 g/mol. The number of benzene rings is 3. The number of nitrogens with two attached hydrogens (primary N) is 1. The molecule has 8 nitrogen and oxygen atoms in total. The standard InChI is InChI=1S/C26H26ClFN4O4/c1-26(2,15-29)16-31(25(34)18-4-3-5-20(28)12-18)14-19-13-21(8-11-23(19)27)30-24(33)17-6-9-22(10-7-17)32(35)36/h3-13H,14-16,29H2,1-2H3,(H,30,33). The number of non-ortho nitro benzene ring substituents is 1.